The van der Waals surface area contributed by atoms with Crippen molar-refractivity contribution in [1.82, 2.24) is 20.2 Å². The van der Waals surface area contributed by atoms with Gasteiger partial charge in [0.2, 0.25) is 0 Å². The van der Waals surface area contributed by atoms with Crippen LogP contribution in [0.1, 0.15) is 42.6 Å². The summed E-state index contributed by atoms with van der Waals surface area (Å²) in [6, 6.07) is 8.47. The van der Waals surface area contributed by atoms with Crippen molar-refractivity contribution in [3.63, 3.8) is 0 Å². The first-order valence-electron chi connectivity index (χ1n) is 6.70. The quantitative estimate of drug-likeness (QED) is 0.885. The minimum absolute atomic E-state index is 0.369. The van der Waals surface area contributed by atoms with Crippen molar-refractivity contribution in [2.45, 2.75) is 37.6 Å². The molecule has 100 valence electrons. The summed E-state index contributed by atoms with van der Waals surface area (Å²) in [5.74, 6) is 1.29. The van der Waals surface area contributed by atoms with Crippen molar-refractivity contribution < 1.29 is 0 Å². The first kappa shape index (κ1) is 12.3. The smallest absolute Gasteiger partial charge is 0.176 e. The highest BCUT2D eigenvalue weighted by Crippen LogP contribution is 2.40. The molecule has 0 saturated carbocycles. The van der Waals surface area contributed by atoms with E-state index in [4.69, 9.17) is 5.73 Å². The van der Waals surface area contributed by atoms with Crippen molar-refractivity contribution in [3.8, 4) is 0 Å². The Balaban J connectivity index is 1.98. The molecule has 1 aromatic carbocycles. The number of fused-ring (bicyclic) bond motifs is 1. The van der Waals surface area contributed by atoms with Gasteiger partial charge in [-0.15, -0.1) is 10.2 Å². The van der Waals surface area contributed by atoms with Gasteiger partial charge in [0.05, 0.1) is 7.05 Å². The molecule has 19 heavy (non-hydrogen) atoms. The maximum atomic E-state index is 6.66. The molecule has 0 aliphatic heterocycles. The van der Waals surface area contributed by atoms with Crippen molar-refractivity contribution in [2.75, 3.05) is 0 Å². The fourth-order valence-corrected chi connectivity index (χ4v) is 3.00. The van der Waals surface area contributed by atoms with E-state index in [1.54, 1.807) is 7.05 Å². The Morgan fingerprint density at radius 2 is 2.21 bits per heavy atom. The summed E-state index contributed by atoms with van der Waals surface area (Å²) >= 11 is 0. The molecule has 2 atom stereocenters. The third-order valence-electron chi connectivity index (χ3n) is 4.07. The summed E-state index contributed by atoms with van der Waals surface area (Å²) in [6.07, 6.45) is 2.71. The largest absolute Gasteiger partial charge is 0.321 e. The van der Waals surface area contributed by atoms with Crippen LogP contribution in [-0.4, -0.2) is 20.2 Å². The fraction of sp³-hybridized carbons (Fsp3) is 0.500. The lowest BCUT2D eigenvalue weighted by Gasteiger charge is -2.37. The summed E-state index contributed by atoms with van der Waals surface area (Å²) in [6.45, 7) is 2.26. The summed E-state index contributed by atoms with van der Waals surface area (Å²) in [4.78, 5) is 1.48. The molecule has 1 aliphatic carbocycles. The van der Waals surface area contributed by atoms with Gasteiger partial charge in [-0.1, -0.05) is 31.2 Å². The van der Waals surface area contributed by atoms with Crippen LogP contribution in [0, 0.1) is 0 Å². The van der Waals surface area contributed by atoms with Crippen molar-refractivity contribution in [2.24, 2.45) is 12.8 Å². The van der Waals surface area contributed by atoms with E-state index in [9.17, 15) is 0 Å². The second kappa shape index (κ2) is 4.42. The molecule has 0 saturated heterocycles. The van der Waals surface area contributed by atoms with Gasteiger partial charge in [0, 0.05) is 12.0 Å². The van der Waals surface area contributed by atoms with Gasteiger partial charge in [-0.2, -0.15) is 4.80 Å². The molecule has 1 aliphatic rings. The van der Waals surface area contributed by atoms with Gasteiger partial charge in [0.1, 0.15) is 0 Å². The zero-order valence-electron chi connectivity index (χ0n) is 11.4. The summed E-state index contributed by atoms with van der Waals surface area (Å²) in [5.41, 5.74) is 8.89. The Kier molecular flexibility index (Phi) is 2.86. The van der Waals surface area contributed by atoms with E-state index >= 15 is 0 Å². The maximum absolute atomic E-state index is 6.66. The Bertz CT molecular complexity index is 591. The fourth-order valence-electron chi connectivity index (χ4n) is 3.00. The van der Waals surface area contributed by atoms with Crippen molar-refractivity contribution >= 4 is 0 Å². The molecule has 2 unspecified atom stereocenters. The van der Waals surface area contributed by atoms with E-state index in [1.807, 2.05) is 0 Å². The van der Waals surface area contributed by atoms with Gasteiger partial charge >= 0.3 is 0 Å². The zero-order chi connectivity index (χ0) is 13.5. The van der Waals surface area contributed by atoms with Crippen LogP contribution in [-0.2, 0) is 19.0 Å². The Labute approximate surface area is 112 Å². The Morgan fingerprint density at radius 1 is 1.42 bits per heavy atom. The van der Waals surface area contributed by atoms with Crippen LogP contribution in [0.2, 0.25) is 0 Å². The zero-order valence-corrected chi connectivity index (χ0v) is 11.4. The minimum atomic E-state index is -0.369. The van der Waals surface area contributed by atoms with Gasteiger partial charge in [0.25, 0.3) is 0 Å². The topological polar surface area (TPSA) is 69.6 Å². The molecule has 3 rings (SSSR count). The van der Waals surface area contributed by atoms with Gasteiger partial charge in [-0.05, 0) is 35.1 Å². The van der Waals surface area contributed by atoms with Gasteiger partial charge < -0.3 is 5.73 Å². The molecule has 2 aromatic rings. The molecule has 0 fully saturated rings. The van der Waals surface area contributed by atoms with Gasteiger partial charge in [0.15, 0.2) is 5.82 Å². The van der Waals surface area contributed by atoms with Crippen molar-refractivity contribution in [3.05, 3.63) is 41.2 Å². The molecule has 5 heteroatoms. The number of tetrazole rings is 1. The minimum Gasteiger partial charge on any atom is -0.321 e. The van der Waals surface area contributed by atoms with E-state index < -0.39 is 0 Å². The van der Waals surface area contributed by atoms with Gasteiger partial charge in [-0.25, -0.2) is 0 Å². The third kappa shape index (κ3) is 2.14. The Morgan fingerprint density at radius 3 is 2.95 bits per heavy atom. The van der Waals surface area contributed by atoms with E-state index in [-0.39, 0.29) is 5.54 Å². The Hall–Kier alpha value is -1.75. The van der Waals surface area contributed by atoms with Crippen LogP contribution < -0.4 is 5.73 Å². The predicted molar refractivity (Wildman–Crippen MR) is 72.5 cm³/mol. The van der Waals surface area contributed by atoms with Crippen LogP contribution in [0.3, 0.4) is 0 Å². The molecule has 1 aromatic heterocycles. The molecule has 5 nitrogen and oxygen atoms in total. The van der Waals surface area contributed by atoms with Gasteiger partial charge in [-0.3, -0.25) is 0 Å². The maximum Gasteiger partial charge on any atom is 0.176 e. The van der Waals surface area contributed by atoms with Crippen LogP contribution in [0.15, 0.2) is 24.3 Å². The lowest BCUT2D eigenvalue weighted by atomic mass is 9.71. The number of aromatic nitrogens is 4. The molecule has 0 spiro atoms. The van der Waals surface area contributed by atoms with Crippen LogP contribution in [0.4, 0.5) is 0 Å². The predicted octanol–water partition coefficient (Wildman–Crippen LogP) is 1.50. The summed E-state index contributed by atoms with van der Waals surface area (Å²) < 4.78 is 0. The normalized spacial score (nSPS) is 26.2. The second-order valence-corrected chi connectivity index (χ2v) is 5.56. The number of hydrogen-bond donors (Lipinski definition) is 1. The van der Waals surface area contributed by atoms with Crippen molar-refractivity contribution in [1.29, 1.82) is 0 Å². The second-order valence-electron chi connectivity index (χ2n) is 5.56. The number of nitrogens with two attached hydrogens (primary N) is 1. The molecule has 2 N–H and O–H groups in total. The van der Waals surface area contributed by atoms with Crippen LogP contribution in [0.5, 0.6) is 0 Å². The van der Waals surface area contributed by atoms with E-state index in [1.165, 1.54) is 15.9 Å². The molecule has 0 radical (unpaired) electrons. The van der Waals surface area contributed by atoms with Crippen LogP contribution in [0.25, 0.3) is 0 Å². The highest BCUT2D eigenvalue weighted by molar-refractivity contribution is 5.38. The molecule has 0 bridgehead atoms. The highest BCUT2D eigenvalue weighted by atomic mass is 15.6. The number of rotatable bonds is 2. The highest BCUT2D eigenvalue weighted by Gasteiger charge is 2.36. The average molecular weight is 257 g/mol. The van der Waals surface area contributed by atoms with E-state index in [0.29, 0.717) is 18.2 Å². The standard InChI is InChI=1S/C14H19N5/c1-10-7-8-14(15,9-13-16-18-19(2)17-13)12-6-4-3-5-11(10)12/h3-6,10H,7-9,15H2,1-2H3. The van der Waals surface area contributed by atoms with Crippen LogP contribution >= 0.6 is 0 Å². The number of hydrogen-bond acceptors (Lipinski definition) is 4. The number of aryl methyl sites for hydroxylation is 1. The first-order valence-corrected chi connectivity index (χ1v) is 6.70. The lowest BCUT2D eigenvalue weighted by molar-refractivity contribution is 0.342. The summed E-state index contributed by atoms with van der Waals surface area (Å²) in [5, 5.41) is 12.2. The third-order valence-corrected chi connectivity index (χ3v) is 4.07. The lowest BCUT2D eigenvalue weighted by Crippen LogP contribution is -2.43. The first-order chi connectivity index (χ1) is 9.08. The summed E-state index contributed by atoms with van der Waals surface area (Å²) in [7, 11) is 1.77. The van der Waals surface area contributed by atoms with E-state index in [2.05, 4.69) is 46.6 Å². The average Bonchev–Trinajstić information content (AvgIpc) is 2.80. The molecular formula is C14H19N5. The molecule has 0 amide bonds. The number of nitrogens with zero attached hydrogens (tertiary/aromatic N) is 4. The number of benzene rings is 1. The molecule has 1 heterocycles. The SMILES string of the molecule is CC1CCC(N)(Cc2nnn(C)n2)c2ccccc21. The van der Waals surface area contributed by atoms with E-state index in [0.717, 1.165) is 12.8 Å². The molecular weight excluding hydrogens is 238 g/mol. The monoisotopic (exact) mass is 257 g/mol.